The maximum Gasteiger partial charge on any atom is 0.206 e. The predicted octanol–water partition coefficient (Wildman–Crippen LogP) is 1.17. The standard InChI is InChI=1S/C13H16N4O2/c1-15(6-7-18)17-10-8-13(16-4-2-3-5-16)19-11(10)9-12(17)14/h2-5,8-9,18H,6-7,14H2,1H3. The first-order valence-electron chi connectivity index (χ1n) is 6.07. The Bertz CT molecular complexity index is 681. The summed E-state index contributed by atoms with van der Waals surface area (Å²) >= 11 is 0. The Kier molecular flexibility index (Phi) is 2.72. The van der Waals surface area contributed by atoms with Crippen molar-refractivity contribution in [1.29, 1.82) is 0 Å². The van der Waals surface area contributed by atoms with Gasteiger partial charge in [-0.15, -0.1) is 0 Å². The number of anilines is 1. The lowest BCUT2D eigenvalue weighted by atomic mass is 10.5. The topological polar surface area (TPSA) is 72.5 Å². The molecule has 0 radical (unpaired) electrons. The number of hydrogen-bond donors (Lipinski definition) is 2. The second-order valence-electron chi connectivity index (χ2n) is 4.41. The van der Waals surface area contributed by atoms with Crippen LogP contribution in [0.15, 0.2) is 41.1 Å². The number of nitrogen functional groups attached to an aromatic ring is 1. The molecular formula is C13H16N4O2. The fourth-order valence-corrected chi connectivity index (χ4v) is 2.22. The van der Waals surface area contributed by atoms with Crippen LogP contribution in [0.2, 0.25) is 0 Å². The number of hydrogen-bond acceptors (Lipinski definition) is 4. The molecule has 3 aromatic rings. The van der Waals surface area contributed by atoms with Crippen molar-refractivity contribution in [2.45, 2.75) is 0 Å². The molecule has 0 spiro atoms. The number of furan rings is 1. The van der Waals surface area contributed by atoms with Gasteiger partial charge < -0.3 is 20.3 Å². The van der Waals surface area contributed by atoms with Gasteiger partial charge in [-0.05, 0) is 12.1 Å². The van der Waals surface area contributed by atoms with E-state index in [4.69, 9.17) is 15.3 Å². The van der Waals surface area contributed by atoms with Crippen molar-refractivity contribution in [2.24, 2.45) is 0 Å². The Morgan fingerprint density at radius 3 is 2.74 bits per heavy atom. The van der Waals surface area contributed by atoms with Crippen molar-refractivity contribution in [1.82, 2.24) is 9.24 Å². The van der Waals surface area contributed by atoms with E-state index in [1.165, 1.54) is 0 Å². The summed E-state index contributed by atoms with van der Waals surface area (Å²) in [5.74, 6) is 1.32. The van der Waals surface area contributed by atoms with Crippen LogP contribution in [0.5, 0.6) is 0 Å². The third kappa shape index (κ3) is 1.86. The molecule has 6 heteroatoms. The predicted molar refractivity (Wildman–Crippen MR) is 74.0 cm³/mol. The van der Waals surface area contributed by atoms with E-state index in [0.29, 0.717) is 12.4 Å². The number of rotatable bonds is 4. The van der Waals surface area contributed by atoms with Crippen LogP contribution in [0, 0.1) is 0 Å². The molecular weight excluding hydrogens is 244 g/mol. The molecule has 100 valence electrons. The largest absolute Gasteiger partial charge is 0.438 e. The van der Waals surface area contributed by atoms with E-state index >= 15 is 0 Å². The second-order valence-corrected chi connectivity index (χ2v) is 4.41. The van der Waals surface area contributed by atoms with Gasteiger partial charge in [-0.3, -0.25) is 4.57 Å². The van der Waals surface area contributed by atoms with Crippen LogP contribution in [-0.4, -0.2) is 34.5 Å². The minimum atomic E-state index is 0.0674. The normalized spacial score (nSPS) is 11.3. The third-order valence-corrected chi connectivity index (χ3v) is 3.10. The lowest BCUT2D eigenvalue weighted by Gasteiger charge is -2.21. The van der Waals surface area contributed by atoms with E-state index in [1.807, 2.05) is 51.9 Å². The van der Waals surface area contributed by atoms with Crippen molar-refractivity contribution in [2.75, 3.05) is 30.9 Å². The molecule has 0 saturated heterocycles. The highest BCUT2D eigenvalue weighted by molar-refractivity contribution is 5.81. The zero-order valence-corrected chi connectivity index (χ0v) is 10.7. The summed E-state index contributed by atoms with van der Waals surface area (Å²) in [7, 11) is 1.87. The van der Waals surface area contributed by atoms with E-state index < -0.39 is 0 Å². The first kappa shape index (κ1) is 11.7. The molecule has 19 heavy (non-hydrogen) atoms. The van der Waals surface area contributed by atoms with Gasteiger partial charge in [0.25, 0.3) is 0 Å². The minimum absolute atomic E-state index is 0.0674. The van der Waals surface area contributed by atoms with Crippen molar-refractivity contribution in [3.8, 4) is 5.88 Å². The van der Waals surface area contributed by atoms with Crippen LogP contribution in [0.4, 0.5) is 5.82 Å². The Labute approximate surface area is 110 Å². The highest BCUT2D eigenvalue weighted by Crippen LogP contribution is 2.27. The average Bonchev–Trinajstić information content (AvgIpc) is 3.02. The fourth-order valence-electron chi connectivity index (χ4n) is 2.22. The maximum atomic E-state index is 9.03. The molecule has 0 aliphatic heterocycles. The Hall–Kier alpha value is -2.34. The Morgan fingerprint density at radius 2 is 2.05 bits per heavy atom. The summed E-state index contributed by atoms with van der Waals surface area (Å²) in [5, 5.41) is 10.9. The van der Waals surface area contributed by atoms with E-state index in [0.717, 1.165) is 17.0 Å². The van der Waals surface area contributed by atoms with E-state index in [9.17, 15) is 0 Å². The van der Waals surface area contributed by atoms with Gasteiger partial charge in [0.15, 0.2) is 5.58 Å². The highest BCUT2D eigenvalue weighted by atomic mass is 16.4. The quantitative estimate of drug-likeness (QED) is 0.738. The Balaban J connectivity index is 2.09. The van der Waals surface area contributed by atoms with E-state index in [2.05, 4.69) is 0 Å². The van der Waals surface area contributed by atoms with Gasteiger partial charge in [0.1, 0.15) is 11.3 Å². The molecule has 0 saturated carbocycles. The minimum Gasteiger partial charge on any atom is -0.438 e. The van der Waals surface area contributed by atoms with Crippen LogP contribution in [0.25, 0.3) is 17.0 Å². The lowest BCUT2D eigenvalue weighted by molar-refractivity contribution is 0.296. The number of nitrogens with zero attached hydrogens (tertiary/aromatic N) is 3. The zero-order chi connectivity index (χ0) is 13.4. The smallest absolute Gasteiger partial charge is 0.206 e. The Morgan fingerprint density at radius 1 is 1.32 bits per heavy atom. The van der Waals surface area contributed by atoms with Gasteiger partial charge in [-0.25, -0.2) is 4.68 Å². The number of aliphatic hydroxyl groups is 1. The molecule has 0 aliphatic carbocycles. The van der Waals surface area contributed by atoms with Crippen molar-refractivity contribution in [3.63, 3.8) is 0 Å². The summed E-state index contributed by atoms with van der Waals surface area (Å²) < 4.78 is 9.51. The molecule has 3 rings (SSSR count). The highest BCUT2D eigenvalue weighted by Gasteiger charge is 2.15. The van der Waals surface area contributed by atoms with Crippen LogP contribution < -0.4 is 10.7 Å². The molecule has 0 aliphatic rings. The average molecular weight is 260 g/mol. The molecule has 0 fully saturated rings. The summed E-state index contributed by atoms with van der Waals surface area (Å²) in [6, 6.07) is 7.59. The maximum absolute atomic E-state index is 9.03. The SMILES string of the molecule is CN(CCO)n1c(N)cc2oc(-n3cccc3)cc21. The molecule has 3 N–H and O–H groups in total. The van der Waals surface area contributed by atoms with E-state index in [-0.39, 0.29) is 6.61 Å². The third-order valence-electron chi connectivity index (χ3n) is 3.10. The van der Waals surface area contributed by atoms with Gasteiger partial charge in [0, 0.05) is 31.6 Å². The number of aromatic nitrogens is 2. The van der Waals surface area contributed by atoms with Gasteiger partial charge >= 0.3 is 0 Å². The first-order chi connectivity index (χ1) is 9.20. The number of nitrogens with two attached hydrogens (primary N) is 1. The summed E-state index contributed by atoms with van der Waals surface area (Å²) in [5.41, 5.74) is 7.58. The van der Waals surface area contributed by atoms with Crippen LogP contribution in [-0.2, 0) is 0 Å². The molecule has 0 atom stereocenters. The first-order valence-corrected chi connectivity index (χ1v) is 6.07. The van der Waals surface area contributed by atoms with Crippen LogP contribution in [0.1, 0.15) is 0 Å². The second kappa shape index (κ2) is 4.40. The zero-order valence-electron chi connectivity index (χ0n) is 10.7. The number of likely N-dealkylation sites (N-methyl/N-ethyl adjacent to an activating group) is 1. The number of aliphatic hydroxyl groups excluding tert-OH is 1. The van der Waals surface area contributed by atoms with Gasteiger partial charge in [-0.1, -0.05) is 0 Å². The van der Waals surface area contributed by atoms with Gasteiger partial charge in [0.2, 0.25) is 5.88 Å². The van der Waals surface area contributed by atoms with Crippen molar-refractivity contribution < 1.29 is 9.52 Å². The summed E-state index contributed by atoms with van der Waals surface area (Å²) in [6.07, 6.45) is 3.84. The van der Waals surface area contributed by atoms with Gasteiger partial charge in [-0.2, -0.15) is 0 Å². The van der Waals surface area contributed by atoms with Crippen LogP contribution in [0.3, 0.4) is 0 Å². The van der Waals surface area contributed by atoms with Crippen LogP contribution >= 0.6 is 0 Å². The molecule has 0 unspecified atom stereocenters. The molecule has 3 aromatic heterocycles. The van der Waals surface area contributed by atoms with Crippen molar-refractivity contribution in [3.05, 3.63) is 36.7 Å². The lowest BCUT2D eigenvalue weighted by Crippen LogP contribution is -2.33. The summed E-state index contributed by atoms with van der Waals surface area (Å²) in [4.78, 5) is 0. The van der Waals surface area contributed by atoms with Gasteiger partial charge in [0.05, 0.1) is 13.2 Å². The fraction of sp³-hybridized carbons (Fsp3) is 0.231. The molecule has 0 amide bonds. The number of fused-ring (bicyclic) bond motifs is 1. The molecule has 6 nitrogen and oxygen atoms in total. The molecule has 0 aromatic carbocycles. The molecule has 3 heterocycles. The van der Waals surface area contributed by atoms with E-state index in [1.54, 1.807) is 6.07 Å². The summed E-state index contributed by atoms with van der Waals surface area (Å²) in [6.45, 7) is 0.565. The molecule has 0 bridgehead atoms. The monoisotopic (exact) mass is 260 g/mol. The van der Waals surface area contributed by atoms with Crippen molar-refractivity contribution >= 4 is 16.9 Å².